The van der Waals surface area contributed by atoms with Crippen LogP contribution in [0.2, 0.25) is 5.02 Å². The number of hydrogen-bond donors (Lipinski definition) is 1. The Morgan fingerprint density at radius 2 is 2.00 bits per heavy atom. The van der Waals surface area contributed by atoms with E-state index in [0.717, 1.165) is 5.56 Å². The molecule has 0 bridgehead atoms. The van der Waals surface area contributed by atoms with Crippen molar-refractivity contribution < 1.29 is 13.0 Å². The van der Waals surface area contributed by atoms with Crippen molar-refractivity contribution in [2.75, 3.05) is 0 Å². The monoisotopic (exact) mass is 206 g/mol. The van der Waals surface area contributed by atoms with E-state index < -0.39 is 10.1 Å². The lowest BCUT2D eigenvalue weighted by molar-refractivity contribution is 0.483. The molecule has 0 aliphatic carbocycles. The van der Waals surface area contributed by atoms with Crippen LogP contribution in [0.4, 0.5) is 0 Å². The summed E-state index contributed by atoms with van der Waals surface area (Å²) < 4.78 is 29.9. The summed E-state index contributed by atoms with van der Waals surface area (Å²) in [5.41, 5.74) is 0.840. The van der Waals surface area contributed by atoms with E-state index in [1.165, 1.54) is 12.1 Å². The fourth-order valence-corrected chi connectivity index (χ4v) is 1.89. The first kappa shape index (κ1) is 9.51. The van der Waals surface area contributed by atoms with Gasteiger partial charge in [0.25, 0.3) is 10.1 Å². The molecule has 0 unspecified atom stereocenters. The summed E-state index contributed by atoms with van der Waals surface area (Å²) in [5, 5.41) is 0.0394. The molecule has 0 aromatic heterocycles. The van der Waals surface area contributed by atoms with Crippen LogP contribution in [0.1, 0.15) is 5.56 Å². The van der Waals surface area contributed by atoms with Gasteiger partial charge in [0.15, 0.2) is 0 Å². The minimum Gasteiger partial charge on any atom is -0.282 e. The Morgan fingerprint density at radius 3 is 2.42 bits per heavy atom. The van der Waals surface area contributed by atoms with Gasteiger partial charge in [-0.3, -0.25) is 4.55 Å². The molecule has 0 aliphatic heterocycles. The second-order valence-corrected chi connectivity index (χ2v) is 4.21. The van der Waals surface area contributed by atoms with Gasteiger partial charge in [-0.1, -0.05) is 17.7 Å². The molecule has 0 amide bonds. The molecular formula is C7H7ClO3S. The van der Waals surface area contributed by atoms with Crippen LogP contribution in [0.3, 0.4) is 0 Å². The fraction of sp³-hybridized carbons (Fsp3) is 0.143. The van der Waals surface area contributed by atoms with Crippen molar-refractivity contribution >= 4 is 21.7 Å². The van der Waals surface area contributed by atoms with Crippen LogP contribution < -0.4 is 0 Å². The predicted molar refractivity (Wildman–Crippen MR) is 46.0 cm³/mol. The molecule has 0 atom stereocenters. The lowest BCUT2D eigenvalue weighted by Crippen LogP contribution is -1.98. The van der Waals surface area contributed by atoms with Crippen LogP contribution in [-0.2, 0) is 10.1 Å². The molecule has 0 spiro atoms. The van der Waals surface area contributed by atoms with E-state index in [4.69, 9.17) is 16.2 Å². The summed E-state index contributed by atoms with van der Waals surface area (Å²) in [6.45, 7) is 1.78. The fourth-order valence-electron chi connectivity index (χ4n) is 0.815. The molecule has 0 heterocycles. The molecule has 5 heteroatoms. The molecule has 1 rings (SSSR count). The molecule has 1 aromatic carbocycles. The Hall–Kier alpha value is -0.580. The van der Waals surface area contributed by atoms with Crippen LogP contribution in [0.5, 0.6) is 0 Å². The second kappa shape index (κ2) is 3.05. The SMILES string of the molecule is Cc1ccc(S(=O)(=O)O)c(Cl)c1. The van der Waals surface area contributed by atoms with Crippen LogP contribution in [-0.4, -0.2) is 13.0 Å². The standard InChI is InChI=1S/C7H7ClO3S/c1-5-2-3-7(6(8)4-5)12(9,10)11/h2-4H,1H3,(H,9,10,11). The van der Waals surface area contributed by atoms with E-state index in [-0.39, 0.29) is 9.92 Å². The van der Waals surface area contributed by atoms with Gasteiger partial charge in [-0.05, 0) is 24.6 Å². The molecule has 0 saturated heterocycles. The van der Waals surface area contributed by atoms with Crippen molar-refractivity contribution in [1.82, 2.24) is 0 Å². The molecule has 12 heavy (non-hydrogen) atoms. The molecule has 1 N–H and O–H groups in total. The zero-order chi connectivity index (χ0) is 9.35. The normalized spacial score (nSPS) is 11.6. The minimum atomic E-state index is -4.18. The van der Waals surface area contributed by atoms with E-state index in [1.54, 1.807) is 13.0 Å². The van der Waals surface area contributed by atoms with Crippen molar-refractivity contribution in [3.8, 4) is 0 Å². The maximum Gasteiger partial charge on any atom is 0.296 e. The summed E-state index contributed by atoms with van der Waals surface area (Å²) in [4.78, 5) is -0.255. The third-order valence-electron chi connectivity index (χ3n) is 1.37. The van der Waals surface area contributed by atoms with E-state index in [9.17, 15) is 8.42 Å². The van der Waals surface area contributed by atoms with E-state index in [0.29, 0.717) is 0 Å². The Labute approximate surface area is 75.7 Å². The predicted octanol–water partition coefficient (Wildman–Crippen LogP) is 1.90. The average Bonchev–Trinajstić information content (AvgIpc) is 1.83. The van der Waals surface area contributed by atoms with Crippen molar-refractivity contribution in [3.63, 3.8) is 0 Å². The van der Waals surface area contributed by atoms with Gasteiger partial charge in [0, 0.05) is 0 Å². The highest BCUT2D eigenvalue weighted by Crippen LogP contribution is 2.21. The molecule has 0 aliphatic rings. The van der Waals surface area contributed by atoms with Gasteiger partial charge in [0.2, 0.25) is 0 Å². The number of rotatable bonds is 1. The maximum absolute atomic E-state index is 10.6. The molecule has 3 nitrogen and oxygen atoms in total. The summed E-state index contributed by atoms with van der Waals surface area (Å²) in [6.07, 6.45) is 0. The second-order valence-electron chi connectivity index (χ2n) is 2.41. The summed E-state index contributed by atoms with van der Waals surface area (Å²) in [6, 6.07) is 4.31. The van der Waals surface area contributed by atoms with Gasteiger partial charge < -0.3 is 0 Å². The van der Waals surface area contributed by atoms with Gasteiger partial charge in [-0.2, -0.15) is 8.42 Å². The highest BCUT2D eigenvalue weighted by molar-refractivity contribution is 7.86. The van der Waals surface area contributed by atoms with Gasteiger partial charge in [0.1, 0.15) is 4.90 Å². The van der Waals surface area contributed by atoms with Gasteiger partial charge in [-0.15, -0.1) is 0 Å². The Morgan fingerprint density at radius 1 is 1.42 bits per heavy atom. The first-order chi connectivity index (χ1) is 5.41. The van der Waals surface area contributed by atoms with Gasteiger partial charge in [-0.25, -0.2) is 0 Å². The topological polar surface area (TPSA) is 54.4 Å². The van der Waals surface area contributed by atoms with E-state index >= 15 is 0 Å². The first-order valence-electron chi connectivity index (χ1n) is 3.15. The van der Waals surface area contributed by atoms with Crippen LogP contribution in [0, 0.1) is 6.92 Å². The number of hydrogen-bond acceptors (Lipinski definition) is 2. The van der Waals surface area contributed by atoms with Crippen LogP contribution in [0.25, 0.3) is 0 Å². The van der Waals surface area contributed by atoms with Crippen LogP contribution >= 0.6 is 11.6 Å². The molecule has 0 radical (unpaired) electrons. The van der Waals surface area contributed by atoms with Crippen molar-refractivity contribution in [2.24, 2.45) is 0 Å². The molecular weight excluding hydrogens is 200 g/mol. The summed E-state index contributed by atoms with van der Waals surface area (Å²) >= 11 is 5.57. The third kappa shape index (κ3) is 1.97. The van der Waals surface area contributed by atoms with Crippen molar-refractivity contribution in [2.45, 2.75) is 11.8 Å². The molecule has 0 saturated carbocycles. The quantitative estimate of drug-likeness (QED) is 0.714. The largest absolute Gasteiger partial charge is 0.296 e. The van der Waals surface area contributed by atoms with Gasteiger partial charge >= 0.3 is 0 Å². The summed E-state index contributed by atoms with van der Waals surface area (Å²) in [7, 11) is -4.18. The maximum atomic E-state index is 10.6. The number of halogens is 1. The number of benzene rings is 1. The highest BCUT2D eigenvalue weighted by atomic mass is 35.5. The minimum absolute atomic E-state index is 0.0394. The number of aryl methyl sites for hydroxylation is 1. The van der Waals surface area contributed by atoms with Gasteiger partial charge in [0.05, 0.1) is 5.02 Å². The third-order valence-corrected chi connectivity index (χ3v) is 2.70. The van der Waals surface area contributed by atoms with Crippen LogP contribution in [0.15, 0.2) is 23.1 Å². The molecule has 0 fully saturated rings. The Bertz CT molecular complexity index is 397. The Kier molecular flexibility index (Phi) is 2.41. The van der Waals surface area contributed by atoms with Crippen molar-refractivity contribution in [1.29, 1.82) is 0 Å². The highest BCUT2D eigenvalue weighted by Gasteiger charge is 2.13. The molecule has 1 aromatic rings. The van der Waals surface area contributed by atoms with E-state index in [2.05, 4.69) is 0 Å². The zero-order valence-corrected chi connectivity index (χ0v) is 7.85. The summed E-state index contributed by atoms with van der Waals surface area (Å²) in [5.74, 6) is 0. The molecule has 66 valence electrons. The zero-order valence-electron chi connectivity index (χ0n) is 6.28. The first-order valence-corrected chi connectivity index (χ1v) is 4.97. The van der Waals surface area contributed by atoms with E-state index in [1.807, 2.05) is 0 Å². The lowest BCUT2D eigenvalue weighted by atomic mass is 10.2. The lowest BCUT2D eigenvalue weighted by Gasteiger charge is -2.00. The average molecular weight is 207 g/mol. The smallest absolute Gasteiger partial charge is 0.282 e. The van der Waals surface area contributed by atoms with Crippen molar-refractivity contribution in [3.05, 3.63) is 28.8 Å². The Balaban J connectivity index is 3.39.